The second-order valence-electron chi connectivity index (χ2n) is 7.43. The maximum Gasteiger partial charge on any atom is 0.227 e. The molecule has 1 saturated carbocycles. The molecule has 1 aromatic carbocycles. The fraction of sp³-hybridized carbons (Fsp3) is 0.650. The van der Waals surface area contributed by atoms with Gasteiger partial charge in [-0.15, -0.1) is 0 Å². The summed E-state index contributed by atoms with van der Waals surface area (Å²) in [4.78, 5) is 17.5. The van der Waals surface area contributed by atoms with E-state index in [1.165, 1.54) is 45.2 Å². The number of hydrogen-bond acceptors (Lipinski definition) is 2. The Hall–Kier alpha value is -1.06. The van der Waals surface area contributed by atoms with Gasteiger partial charge in [0, 0.05) is 24.2 Å². The molecule has 0 N–H and O–H groups in total. The molecule has 0 aromatic heterocycles. The highest BCUT2D eigenvalue weighted by Crippen LogP contribution is 2.29. The Morgan fingerprint density at radius 3 is 2.62 bits per heavy atom. The zero-order valence-electron chi connectivity index (χ0n) is 14.9. The van der Waals surface area contributed by atoms with E-state index in [0.717, 1.165) is 22.6 Å². The summed E-state index contributed by atoms with van der Waals surface area (Å²) in [5.41, 5.74) is 2.07. The van der Waals surface area contributed by atoms with E-state index in [2.05, 4.69) is 4.90 Å². The molecule has 2 fully saturated rings. The lowest BCUT2D eigenvalue weighted by Crippen LogP contribution is -2.53. The molecule has 2 aliphatic rings. The first-order valence-corrected chi connectivity index (χ1v) is 9.69. The number of rotatable bonds is 4. The maximum absolute atomic E-state index is 12.8. The molecule has 1 amide bonds. The van der Waals surface area contributed by atoms with Crippen molar-refractivity contribution in [3.05, 3.63) is 34.3 Å². The van der Waals surface area contributed by atoms with Gasteiger partial charge in [-0.25, -0.2) is 0 Å². The number of amides is 1. The molecule has 1 saturated heterocycles. The summed E-state index contributed by atoms with van der Waals surface area (Å²) in [6, 6.07) is 6.87. The molecule has 0 radical (unpaired) electrons. The number of likely N-dealkylation sites (tertiary alicyclic amines) is 1. The smallest absolute Gasteiger partial charge is 0.227 e. The minimum Gasteiger partial charge on any atom is -0.341 e. The van der Waals surface area contributed by atoms with E-state index in [1.54, 1.807) is 0 Å². The predicted molar refractivity (Wildman–Crippen MR) is 99.5 cm³/mol. The first-order chi connectivity index (χ1) is 11.6. The van der Waals surface area contributed by atoms with Gasteiger partial charge in [-0.05, 0) is 62.9 Å². The molecule has 1 heterocycles. The number of hydrogen-bond donors (Lipinski definition) is 0. The molecule has 1 aliphatic heterocycles. The molecular weight excluding hydrogens is 320 g/mol. The molecule has 1 aromatic rings. The van der Waals surface area contributed by atoms with Crippen LogP contribution in [0.3, 0.4) is 0 Å². The molecule has 2 unspecified atom stereocenters. The van der Waals surface area contributed by atoms with Crippen LogP contribution in [0.1, 0.15) is 49.7 Å². The molecule has 1 aliphatic carbocycles. The summed E-state index contributed by atoms with van der Waals surface area (Å²) >= 11 is 6.20. The van der Waals surface area contributed by atoms with Gasteiger partial charge in [-0.1, -0.05) is 36.6 Å². The van der Waals surface area contributed by atoms with Crippen molar-refractivity contribution in [1.82, 2.24) is 9.80 Å². The van der Waals surface area contributed by atoms with Crippen LogP contribution in [-0.4, -0.2) is 47.9 Å². The molecule has 132 valence electrons. The van der Waals surface area contributed by atoms with E-state index in [-0.39, 0.29) is 5.91 Å². The topological polar surface area (TPSA) is 23.6 Å². The van der Waals surface area contributed by atoms with Crippen molar-refractivity contribution in [3.8, 4) is 0 Å². The van der Waals surface area contributed by atoms with Crippen LogP contribution in [0.5, 0.6) is 0 Å². The summed E-state index contributed by atoms with van der Waals surface area (Å²) < 4.78 is 0. The van der Waals surface area contributed by atoms with Crippen LogP contribution < -0.4 is 0 Å². The highest BCUT2D eigenvalue weighted by Gasteiger charge is 2.35. The minimum absolute atomic E-state index is 0.214. The van der Waals surface area contributed by atoms with Crippen LogP contribution in [0.2, 0.25) is 5.02 Å². The second kappa shape index (κ2) is 7.88. The number of carbonyl (C=O) groups excluding carboxylic acids is 1. The van der Waals surface area contributed by atoms with E-state index in [1.807, 2.05) is 37.1 Å². The number of halogens is 1. The van der Waals surface area contributed by atoms with E-state index < -0.39 is 0 Å². The summed E-state index contributed by atoms with van der Waals surface area (Å²) in [5.74, 6) is 0.214. The first kappa shape index (κ1) is 17.8. The van der Waals surface area contributed by atoms with Crippen molar-refractivity contribution < 1.29 is 4.79 Å². The third-order valence-electron chi connectivity index (χ3n) is 5.79. The van der Waals surface area contributed by atoms with E-state index in [0.29, 0.717) is 18.5 Å². The average Bonchev–Trinajstić information content (AvgIpc) is 3.12. The summed E-state index contributed by atoms with van der Waals surface area (Å²) in [6.45, 7) is 4.40. The van der Waals surface area contributed by atoms with E-state index >= 15 is 0 Å². The Balaban J connectivity index is 1.67. The number of likely N-dealkylation sites (N-methyl/N-ethyl adjacent to an activating group) is 1. The van der Waals surface area contributed by atoms with Crippen molar-refractivity contribution in [2.45, 2.75) is 64.0 Å². The Morgan fingerprint density at radius 2 is 1.92 bits per heavy atom. The minimum atomic E-state index is 0.214. The van der Waals surface area contributed by atoms with Crippen LogP contribution >= 0.6 is 11.6 Å². The third kappa shape index (κ3) is 3.94. The van der Waals surface area contributed by atoms with Crippen LogP contribution in [0.4, 0.5) is 0 Å². The summed E-state index contributed by atoms with van der Waals surface area (Å²) in [7, 11) is 2.00. The Kier molecular flexibility index (Phi) is 5.83. The molecule has 2 atom stereocenters. The lowest BCUT2D eigenvalue weighted by atomic mass is 9.88. The second-order valence-corrected chi connectivity index (χ2v) is 7.83. The Morgan fingerprint density at radius 1 is 1.21 bits per heavy atom. The average molecular weight is 349 g/mol. The molecule has 0 spiro atoms. The highest BCUT2D eigenvalue weighted by molar-refractivity contribution is 6.31. The Bertz CT molecular complexity index is 583. The van der Waals surface area contributed by atoms with Gasteiger partial charge in [-0.3, -0.25) is 9.69 Å². The standard InChI is InChI=1S/C20H29ClN2O/c1-15-9-10-16(13-17(15)21)14-20(24)22(2)18-7-3-4-8-19(18)23-11-5-6-12-23/h9-10,13,18-19H,3-8,11-12,14H2,1-2H3. The fourth-order valence-electron chi connectivity index (χ4n) is 4.27. The lowest BCUT2D eigenvalue weighted by Gasteiger charge is -2.42. The third-order valence-corrected chi connectivity index (χ3v) is 6.19. The quantitative estimate of drug-likeness (QED) is 0.819. The fourth-order valence-corrected chi connectivity index (χ4v) is 4.48. The van der Waals surface area contributed by atoms with Crippen molar-refractivity contribution >= 4 is 17.5 Å². The monoisotopic (exact) mass is 348 g/mol. The van der Waals surface area contributed by atoms with Crippen molar-refractivity contribution in [2.75, 3.05) is 20.1 Å². The SMILES string of the molecule is Cc1ccc(CC(=O)N(C)C2CCCCC2N2CCCC2)cc1Cl. The van der Waals surface area contributed by atoms with Gasteiger partial charge in [0.15, 0.2) is 0 Å². The number of aryl methyl sites for hydroxylation is 1. The van der Waals surface area contributed by atoms with E-state index in [4.69, 9.17) is 11.6 Å². The van der Waals surface area contributed by atoms with Gasteiger partial charge in [0.2, 0.25) is 5.91 Å². The van der Waals surface area contributed by atoms with Gasteiger partial charge in [0.25, 0.3) is 0 Å². The van der Waals surface area contributed by atoms with E-state index in [9.17, 15) is 4.79 Å². The largest absolute Gasteiger partial charge is 0.341 e. The zero-order chi connectivity index (χ0) is 17.1. The normalized spacial score (nSPS) is 25.0. The zero-order valence-corrected chi connectivity index (χ0v) is 15.7. The number of benzene rings is 1. The van der Waals surface area contributed by atoms with Gasteiger partial charge in [0.05, 0.1) is 6.42 Å². The maximum atomic E-state index is 12.8. The van der Waals surface area contributed by atoms with Crippen LogP contribution in [0.25, 0.3) is 0 Å². The van der Waals surface area contributed by atoms with Crippen molar-refractivity contribution in [3.63, 3.8) is 0 Å². The number of nitrogens with zero attached hydrogens (tertiary/aromatic N) is 2. The van der Waals surface area contributed by atoms with Gasteiger partial charge in [0.1, 0.15) is 0 Å². The van der Waals surface area contributed by atoms with Crippen LogP contribution in [0.15, 0.2) is 18.2 Å². The summed E-state index contributed by atoms with van der Waals surface area (Å²) in [5, 5.41) is 0.746. The molecular formula is C20H29ClN2O. The predicted octanol–water partition coefficient (Wildman–Crippen LogP) is 4.06. The van der Waals surface area contributed by atoms with Gasteiger partial charge in [-0.2, -0.15) is 0 Å². The Labute approximate surface area is 151 Å². The first-order valence-electron chi connectivity index (χ1n) is 9.31. The van der Waals surface area contributed by atoms with Gasteiger partial charge >= 0.3 is 0 Å². The van der Waals surface area contributed by atoms with Crippen molar-refractivity contribution in [2.24, 2.45) is 0 Å². The molecule has 3 rings (SSSR count). The molecule has 24 heavy (non-hydrogen) atoms. The van der Waals surface area contributed by atoms with Crippen molar-refractivity contribution in [1.29, 1.82) is 0 Å². The van der Waals surface area contributed by atoms with Crippen LogP contribution in [-0.2, 0) is 11.2 Å². The lowest BCUT2D eigenvalue weighted by molar-refractivity contribution is -0.133. The van der Waals surface area contributed by atoms with Gasteiger partial charge < -0.3 is 4.90 Å². The highest BCUT2D eigenvalue weighted by atomic mass is 35.5. The molecule has 0 bridgehead atoms. The van der Waals surface area contributed by atoms with Crippen LogP contribution in [0, 0.1) is 6.92 Å². The molecule has 4 heteroatoms. The summed E-state index contributed by atoms with van der Waals surface area (Å²) in [6.07, 6.45) is 7.97. The number of carbonyl (C=O) groups is 1. The molecule has 3 nitrogen and oxygen atoms in total.